The number of halogens is 1. The van der Waals surface area contributed by atoms with E-state index >= 15 is 0 Å². The number of methoxy groups -OCH3 is 1. The number of ether oxygens (including phenoxy) is 3. The van der Waals surface area contributed by atoms with Crippen LogP contribution >= 0.6 is 19.3 Å². The number of likely N-dealkylation sites (N-methyl/N-ethyl adjacent to an activating group) is 1. The summed E-state index contributed by atoms with van der Waals surface area (Å²) in [5, 5.41) is 2.99. The summed E-state index contributed by atoms with van der Waals surface area (Å²) in [5.41, 5.74) is 3.25. The molecule has 2 atom stereocenters. The molecule has 0 radical (unpaired) electrons. The molecule has 0 saturated carbocycles. The van der Waals surface area contributed by atoms with Crippen LogP contribution in [0.3, 0.4) is 0 Å². The van der Waals surface area contributed by atoms with Gasteiger partial charge in [0.1, 0.15) is 30.0 Å². The zero-order chi connectivity index (χ0) is 30.8. The largest absolute Gasteiger partial charge is 0.497 e. The van der Waals surface area contributed by atoms with Gasteiger partial charge in [0, 0.05) is 6.54 Å². The molecule has 0 heterocycles. The third-order valence-corrected chi connectivity index (χ3v) is 8.33. The Labute approximate surface area is 255 Å². The quantitative estimate of drug-likeness (QED) is 0.134. The van der Waals surface area contributed by atoms with Crippen molar-refractivity contribution < 1.29 is 27.8 Å². The maximum atomic E-state index is 13.3. The Morgan fingerprint density at radius 1 is 0.976 bits per heavy atom. The molecule has 0 aliphatic rings. The first kappa shape index (κ1) is 33.9. The molecule has 0 spiro atoms. The highest BCUT2D eigenvalue weighted by molar-refractivity contribution is 7.52. The highest BCUT2D eigenvalue weighted by Crippen LogP contribution is 2.46. The van der Waals surface area contributed by atoms with Crippen LogP contribution in [0.25, 0.3) is 0 Å². The van der Waals surface area contributed by atoms with E-state index in [2.05, 4.69) is 38.0 Å². The molecule has 0 fully saturated rings. The van der Waals surface area contributed by atoms with E-state index in [4.69, 9.17) is 34.9 Å². The van der Waals surface area contributed by atoms with Gasteiger partial charge in [-0.3, -0.25) is 4.52 Å². The van der Waals surface area contributed by atoms with Crippen LogP contribution in [0.5, 0.6) is 17.2 Å². The van der Waals surface area contributed by atoms with Crippen molar-refractivity contribution in [2.45, 2.75) is 45.1 Å². The fraction of sp³-hybridized carbons (Fsp3) is 0.438. The smallest absolute Gasteiger partial charge is 0.460 e. The van der Waals surface area contributed by atoms with Crippen LogP contribution < -0.4 is 19.1 Å². The van der Waals surface area contributed by atoms with Crippen molar-refractivity contribution >= 4 is 19.3 Å². The Balaban J connectivity index is 1.59. The van der Waals surface area contributed by atoms with Gasteiger partial charge < -0.3 is 23.6 Å². The predicted octanol–water partition coefficient (Wildman–Crippen LogP) is 7.14. The number of hydrogen-bond donors (Lipinski definition) is 1. The minimum Gasteiger partial charge on any atom is -0.497 e. The molecule has 3 aromatic rings. The summed E-state index contributed by atoms with van der Waals surface area (Å²) in [5.74, 6) is 1.91. The van der Waals surface area contributed by atoms with Gasteiger partial charge in [-0.2, -0.15) is 0 Å². The van der Waals surface area contributed by atoms with E-state index in [1.165, 1.54) is 12.6 Å². The Kier molecular flexibility index (Phi) is 12.7. The molecule has 1 N–H and O–H groups in total. The van der Waals surface area contributed by atoms with Crippen LogP contribution in [0.15, 0.2) is 66.7 Å². The highest BCUT2D eigenvalue weighted by atomic mass is 35.5. The minimum absolute atomic E-state index is 0.0841. The second-order valence-electron chi connectivity index (χ2n) is 11.3. The van der Waals surface area contributed by atoms with Crippen molar-refractivity contribution in [3.05, 3.63) is 88.4 Å². The third kappa shape index (κ3) is 10.6. The summed E-state index contributed by atoms with van der Waals surface area (Å²) in [6.45, 7) is 6.85. The molecule has 0 aliphatic heterocycles. The summed E-state index contributed by atoms with van der Waals surface area (Å²) in [6, 6.07) is 21.5. The minimum atomic E-state index is -3.75. The summed E-state index contributed by atoms with van der Waals surface area (Å²) < 4.78 is 42.1. The van der Waals surface area contributed by atoms with Gasteiger partial charge in [0.05, 0.1) is 12.1 Å². The van der Waals surface area contributed by atoms with Crippen LogP contribution in [-0.2, 0) is 32.1 Å². The fourth-order valence-electron chi connectivity index (χ4n) is 4.21. The zero-order valence-corrected chi connectivity index (χ0v) is 27.3. The van der Waals surface area contributed by atoms with Crippen molar-refractivity contribution in [1.82, 2.24) is 9.99 Å². The molecular formula is C32H44ClN2O6P. The summed E-state index contributed by atoms with van der Waals surface area (Å²) in [6.07, 6.45) is 1.31. The van der Waals surface area contributed by atoms with Crippen LogP contribution in [-0.4, -0.2) is 59.2 Å². The van der Waals surface area contributed by atoms with E-state index in [1.54, 1.807) is 13.2 Å². The average molecular weight is 619 g/mol. The number of nitrogens with zero attached hydrogens (tertiary/aromatic N) is 1. The van der Waals surface area contributed by atoms with E-state index in [0.717, 1.165) is 35.5 Å². The molecule has 42 heavy (non-hydrogen) atoms. The zero-order valence-electron chi connectivity index (χ0n) is 25.7. The first-order valence-electron chi connectivity index (χ1n) is 14.0. The van der Waals surface area contributed by atoms with Crippen molar-refractivity contribution in [3.63, 3.8) is 0 Å². The van der Waals surface area contributed by atoms with Crippen LogP contribution in [0.4, 0.5) is 0 Å². The molecule has 230 valence electrons. The molecule has 0 amide bonds. The second kappa shape index (κ2) is 15.8. The van der Waals surface area contributed by atoms with E-state index in [-0.39, 0.29) is 30.7 Å². The summed E-state index contributed by atoms with van der Waals surface area (Å²) in [7, 11) is 3.32. The van der Waals surface area contributed by atoms with E-state index in [0.29, 0.717) is 11.6 Å². The van der Waals surface area contributed by atoms with Gasteiger partial charge in [-0.05, 0) is 86.4 Å². The summed E-state index contributed by atoms with van der Waals surface area (Å²) in [4.78, 5) is 1.99. The highest BCUT2D eigenvalue weighted by Gasteiger charge is 2.27. The standard InChI is InChI=1S/C32H44ClN2O6P/c1-32(2,3)26-17-18-31(29(33)20-26)41-42(36,34-4)40-23-39-28(21-35(5)6)22-38-30-14-9-8-12-25(30)16-15-24-11-10-13-27(19-24)37-7/h8-14,17-20,28H,15-16,21-23H2,1-7H3,(H,34,36)/t28-,42?/m0/s1. The lowest BCUT2D eigenvalue weighted by Crippen LogP contribution is -2.34. The lowest BCUT2D eigenvalue weighted by Gasteiger charge is -2.24. The van der Waals surface area contributed by atoms with Gasteiger partial charge in [-0.15, -0.1) is 0 Å². The number of benzene rings is 3. The number of rotatable bonds is 16. The van der Waals surface area contributed by atoms with Crippen LogP contribution in [0, 0.1) is 0 Å². The van der Waals surface area contributed by atoms with Gasteiger partial charge >= 0.3 is 7.75 Å². The number of nitrogens with one attached hydrogen (secondary N) is 1. The molecule has 0 aromatic heterocycles. The van der Waals surface area contributed by atoms with Crippen LogP contribution in [0.2, 0.25) is 5.02 Å². The first-order valence-corrected chi connectivity index (χ1v) is 15.9. The van der Waals surface area contributed by atoms with Crippen molar-refractivity contribution in [3.8, 4) is 17.2 Å². The molecule has 0 aliphatic carbocycles. The summed E-state index contributed by atoms with van der Waals surface area (Å²) >= 11 is 6.43. The molecule has 3 rings (SSSR count). The molecule has 1 unspecified atom stereocenters. The predicted molar refractivity (Wildman–Crippen MR) is 169 cm³/mol. The maximum Gasteiger partial charge on any atom is 0.460 e. The SMILES string of the molecule is CNP(=O)(OCO[C@H](COc1ccccc1CCc1cccc(OC)c1)CN(C)C)Oc1ccc(C(C)(C)C)cc1Cl. The normalized spacial score (nSPS) is 13.9. The van der Waals surface area contributed by atoms with Crippen molar-refractivity contribution in [2.24, 2.45) is 0 Å². The van der Waals surface area contributed by atoms with E-state index in [9.17, 15) is 4.57 Å². The van der Waals surface area contributed by atoms with Crippen LogP contribution in [0.1, 0.15) is 37.5 Å². The lowest BCUT2D eigenvalue weighted by molar-refractivity contribution is -0.0635. The average Bonchev–Trinajstić information content (AvgIpc) is 2.95. The van der Waals surface area contributed by atoms with Gasteiger partial charge in [0.2, 0.25) is 0 Å². The lowest BCUT2D eigenvalue weighted by atomic mass is 9.87. The first-order chi connectivity index (χ1) is 19.9. The molecule has 0 bridgehead atoms. The number of para-hydroxylation sites is 1. The van der Waals surface area contributed by atoms with Gasteiger partial charge in [-0.25, -0.2) is 9.65 Å². The third-order valence-electron chi connectivity index (χ3n) is 6.60. The Morgan fingerprint density at radius 2 is 1.74 bits per heavy atom. The molecule has 10 heteroatoms. The molecule has 8 nitrogen and oxygen atoms in total. The second-order valence-corrected chi connectivity index (χ2v) is 13.6. The Morgan fingerprint density at radius 3 is 2.40 bits per heavy atom. The molecular weight excluding hydrogens is 575 g/mol. The monoisotopic (exact) mass is 618 g/mol. The van der Waals surface area contributed by atoms with E-state index < -0.39 is 7.75 Å². The van der Waals surface area contributed by atoms with Gasteiger partial charge in [0.15, 0.2) is 6.79 Å². The van der Waals surface area contributed by atoms with E-state index in [1.807, 2.05) is 67.5 Å². The Bertz CT molecular complexity index is 1330. The topological polar surface area (TPSA) is 78.5 Å². The molecule has 0 saturated heterocycles. The van der Waals surface area contributed by atoms with Gasteiger partial charge in [-0.1, -0.05) is 68.8 Å². The number of hydrogen-bond acceptors (Lipinski definition) is 7. The van der Waals surface area contributed by atoms with Crippen molar-refractivity contribution in [2.75, 3.05) is 48.2 Å². The Hall–Kier alpha value is -2.58. The maximum absolute atomic E-state index is 13.3. The fourth-order valence-corrected chi connectivity index (χ4v) is 5.37. The van der Waals surface area contributed by atoms with Gasteiger partial charge in [0.25, 0.3) is 0 Å². The van der Waals surface area contributed by atoms with Crippen molar-refractivity contribution in [1.29, 1.82) is 0 Å². The molecule has 3 aromatic carbocycles. The number of aryl methyl sites for hydroxylation is 2.